The summed E-state index contributed by atoms with van der Waals surface area (Å²) in [6.45, 7) is 0. The van der Waals surface area contributed by atoms with Gasteiger partial charge in [0.2, 0.25) is 5.91 Å². The Morgan fingerprint density at radius 2 is 2.00 bits per heavy atom. The number of amides is 1. The lowest BCUT2D eigenvalue weighted by atomic mass is 9.83. The van der Waals surface area contributed by atoms with Crippen LogP contribution in [0, 0.1) is 5.92 Å². The largest absolute Gasteiger partial charge is 0.309 e. The smallest absolute Gasteiger partial charge is 0.229 e. The lowest BCUT2D eigenvalue weighted by Gasteiger charge is -2.23. The van der Waals surface area contributed by atoms with Gasteiger partial charge in [0, 0.05) is 5.92 Å². The van der Waals surface area contributed by atoms with Crippen LogP contribution in [-0.4, -0.2) is 15.9 Å². The summed E-state index contributed by atoms with van der Waals surface area (Å²) in [6, 6.07) is 8.33. The summed E-state index contributed by atoms with van der Waals surface area (Å²) in [5.74, 6) is 0.531. The van der Waals surface area contributed by atoms with Crippen molar-refractivity contribution >= 4 is 27.7 Å². The molecule has 5 heteroatoms. The number of nitrogens with zero attached hydrogens (tertiary/aromatic N) is 2. The maximum Gasteiger partial charge on any atom is 0.229 e. The van der Waals surface area contributed by atoms with E-state index in [1.54, 1.807) is 12.4 Å². The number of aromatic nitrogens is 2. The molecule has 0 fully saturated rings. The summed E-state index contributed by atoms with van der Waals surface area (Å²) in [5, 5.41) is 2.84. The Balaban J connectivity index is 1.68. The van der Waals surface area contributed by atoms with Gasteiger partial charge in [0.05, 0.1) is 12.4 Å². The van der Waals surface area contributed by atoms with Gasteiger partial charge in [-0.2, -0.15) is 0 Å². The van der Waals surface area contributed by atoms with Gasteiger partial charge in [0.15, 0.2) is 5.82 Å². The molecular weight excluding hydrogens is 318 g/mol. The van der Waals surface area contributed by atoms with Gasteiger partial charge in [-0.3, -0.25) is 4.79 Å². The van der Waals surface area contributed by atoms with Crippen molar-refractivity contribution in [1.29, 1.82) is 0 Å². The summed E-state index contributed by atoms with van der Waals surface area (Å²) in [5.41, 5.74) is 2.64. The Bertz CT molecular complexity index is 627. The van der Waals surface area contributed by atoms with E-state index in [4.69, 9.17) is 0 Å². The molecule has 0 saturated heterocycles. The lowest BCUT2D eigenvalue weighted by Crippen LogP contribution is -2.28. The molecule has 1 aliphatic rings. The first kappa shape index (κ1) is 13.2. The van der Waals surface area contributed by atoms with Crippen molar-refractivity contribution in [2.45, 2.75) is 19.3 Å². The Labute approximate surface area is 125 Å². The second-order valence-corrected chi connectivity index (χ2v) is 5.73. The van der Waals surface area contributed by atoms with E-state index in [0.717, 1.165) is 19.3 Å². The molecule has 20 heavy (non-hydrogen) atoms. The standard InChI is InChI=1S/C15H14BrN3O/c16-13-8-18-14(9-17-13)19-15(20)12-6-5-10-3-1-2-4-11(10)7-12/h1-4,8-9,12H,5-7H2,(H,18,19,20). The molecular formula is C15H14BrN3O. The molecule has 1 heterocycles. The fraction of sp³-hybridized carbons (Fsp3) is 0.267. The number of aryl methyl sites for hydroxylation is 1. The second-order valence-electron chi connectivity index (χ2n) is 4.92. The zero-order valence-corrected chi connectivity index (χ0v) is 12.4. The number of nitrogens with one attached hydrogen (secondary N) is 1. The molecule has 2 aromatic rings. The molecule has 0 spiro atoms. The highest BCUT2D eigenvalue weighted by atomic mass is 79.9. The zero-order chi connectivity index (χ0) is 13.9. The van der Waals surface area contributed by atoms with Crippen LogP contribution in [-0.2, 0) is 17.6 Å². The summed E-state index contributed by atoms with van der Waals surface area (Å²) in [7, 11) is 0. The number of halogens is 1. The van der Waals surface area contributed by atoms with Gasteiger partial charge in [-0.1, -0.05) is 24.3 Å². The van der Waals surface area contributed by atoms with Crippen molar-refractivity contribution in [2.24, 2.45) is 5.92 Å². The van der Waals surface area contributed by atoms with Crippen LogP contribution in [0.15, 0.2) is 41.3 Å². The highest BCUT2D eigenvalue weighted by Gasteiger charge is 2.24. The van der Waals surface area contributed by atoms with Crippen LogP contribution in [0.4, 0.5) is 5.82 Å². The molecule has 1 aromatic heterocycles. The van der Waals surface area contributed by atoms with E-state index in [9.17, 15) is 4.79 Å². The molecule has 1 atom stereocenters. The van der Waals surface area contributed by atoms with Crippen molar-refractivity contribution in [1.82, 2.24) is 9.97 Å². The average Bonchev–Trinajstić information content (AvgIpc) is 2.49. The maximum atomic E-state index is 12.3. The molecule has 102 valence electrons. The molecule has 4 nitrogen and oxygen atoms in total. The summed E-state index contributed by atoms with van der Waals surface area (Å²) < 4.78 is 0.655. The van der Waals surface area contributed by atoms with Crippen molar-refractivity contribution in [3.63, 3.8) is 0 Å². The third-order valence-electron chi connectivity index (χ3n) is 3.59. The van der Waals surface area contributed by atoms with Crippen LogP contribution in [0.1, 0.15) is 17.5 Å². The van der Waals surface area contributed by atoms with E-state index in [1.165, 1.54) is 11.1 Å². The van der Waals surface area contributed by atoms with E-state index in [2.05, 4.69) is 49.4 Å². The van der Waals surface area contributed by atoms with Gasteiger partial charge in [0.25, 0.3) is 0 Å². The normalized spacial score (nSPS) is 17.4. The average molecular weight is 332 g/mol. The number of carbonyl (C=O) groups excluding carboxylic acids is 1. The van der Waals surface area contributed by atoms with Crippen molar-refractivity contribution < 1.29 is 4.79 Å². The number of anilines is 1. The fourth-order valence-electron chi connectivity index (χ4n) is 2.53. The third kappa shape index (κ3) is 2.88. The number of carbonyl (C=O) groups is 1. The first-order valence-electron chi connectivity index (χ1n) is 6.57. The summed E-state index contributed by atoms with van der Waals surface area (Å²) >= 11 is 3.22. The SMILES string of the molecule is O=C(Nc1cnc(Br)cn1)C1CCc2ccccc2C1. The van der Waals surface area contributed by atoms with Crippen LogP contribution in [0.2, 0.25) is 0 Å². The quantitative estimate of drug-likeness (QED) is 0.920. The van der Waals surface area contributed by atoms with Gasteiger partial charge in [0.1, 0.15) is 4.60 Å². The molecule has 0 radical (unpaired) electrons. The van der Waals surface area contributed by atoms with E-state index in [0.29, 0.717) is 10.4 Å². The van der Waals surface area contributed by atoms with Crippen molar-refractivity contribution in [3.05, 3.63) is 52.4 Å². The third-order valence-corrected chi connectivity index (χ3v) is 4.00. The molecule has 0 saturated carbocycles. The van der Waals surface area contributed by atoms with Crippen molar-refractivity contribution in [3.8, 4) is 0 Å². The highest BCUT2D eigenvalue weighted by molar-refractivity contribution is 9.10. The molecule has 1 aliphatic carbocycles. The molecule has 1 N–H and O–H groups in total. The number of hydrogen-bond donors (Lipinski definition) is 1. The minimum Gasteiger partial charge on any atom is -0.309 e. The number of benzene rings is 1. The van der Waals surface area contributed by atoms with E-state index >= 15 is 0 Å². The Morgan fingerprint density at radius 1 is 1.20 bits per heavy atom. The Hall–Kier alpha value is -1.75. The first-order chi connectivity index (χ1) is 9.72. The monoisotopic (exact) mass is 331 g/mol. The van der Waals surface area contributed by atoms with Gasteiger partial charge in [-0.25, -0.2) is 9.97 Å². The van der Waals surface area contributed by atoms with Crippen LogP contribution >= 0.6 is 15.9 Å². The predicted molar refractivity (Wildman–Crippen MR) is 80.3 cm³/mol. The van der Waals surface area contributed by atoms with Crippen LogP contribution < -0.4 is 5.32 Å². The first-order valence-corrected chi connectivity index (χ1v) is 7.37. The molecule has 1 amide bonds. The minimum absolute atomic E-state index is 0.00958. The maximum absolute atomic E-state index is 12.3. The van der Waals surface area contributed by atoms with Gasteiger partial charge >= 0.3 is 0 Å². The Kier molecular flexibility index (Phi) is 3.78. The topological polar surface area (TPSA) is 54.9 Å². The Morgan fingerprint density at radius 3 is 2.75 bits per heavy atom. The van der Waals surface area contributed by atoms with Crippen LogP contribution in [0.3, 0.4) is 0 Å². The molecule has 1 unspecified atom stereocenters. The van der Waals surface area contributed by atoms with Crippen LogP contribution in [0.5, 0.6) is 0 Å². The fourth-order valence-corrected chi connectivity index (χ4v) is 2.73. The number of hydrogen-bond acceptors (Lipinski definition) is 3. The van der Waals surface area contributed by atoms with E-state index < -0.39 is 0 Å². The molecule has 3 rings (SSSR count). The van der Waals surface area contributed by atoms with E-state index in [1.807, 2.05) is 6.07 Å². The summed E-state index contributed by atoms with van der Waals surface area (Å²) in [4.78, 5) is 20.4. The molecule has 0 bridgehead atoms. The van der Waals surface area contributed by atoms with Gasteiger partial charge in [-0.05, 0) is 46.3 Å². The number of fused-ring (bicyclic) bond motifs is 1. The lowest BCUT2D eigenvalue weighted by molar-refractivity contribution is -0.120. The van der Waals surface area contributed by atoms with Gasteiger partial charge in [-0.15, -0.1) is 0 Å². The minimum atomic E-state index is 0.00958. The van der Waals surface area contributed by atoms with Gasteiger partial charge < -0.3 is 5.32 Å². The van der Waals surface area contributed by atoms with E-state index in [-0.39, 0.29) is 11.8 Å². The predicted octanol–water partition coefficient (Wildman–Crippen LogP) is 2.98. The number of rotatable bonds is 2. The second kappa shape index (κ2) is 5.71. The zero-order valence-electron chi connectivity index (χ0n) is 10.8. The highest BCUT2D eigenvalue weighted by Crippen LogP contribution is 2.26. The van der Waals surface area contributed by atoms with Crippen molar-refractivity contribution in [2.75, 3.05) is 5.32 Å². The van der Waals surface area contributed by atoms with Crippen LogP contribution in [0.25, 0.3) is 0 Å². The molecule has 0 aliphatic heterocycles. The molecule has 1 aromatic carbocycles. The summed E-state index contributed by atoms with van der Waals surface area (Å²) in [6.07, 6.45) is 5.77.